The van der Waals surface area contributed by atoms with Gasteiger partial charge in [-0.15, -0.1) is 0 Å². The van der Waals surface area contributed by atoms with Gasteiger partial charge >= 0.3 is 0 Å². The summed E-state index contributed by atoms with van der Waals surface area (Å²) in [5, 5.41) is 0. The molecule has 1 heteroatoms. The predicted molar refractivity (Wildman–Crippen MR) is 103 cm³/mol. The van der Waals surface area contributed by atoms with Crippen molar-refractivity contribution >= 4 is 12.2 Å². The zero-order chi connectivity index (χ0) is 16.9. The fourth-order valence-corrected chi connectivity index (χ4v) is 3.13. The molecule has 0 amide bonds. The number of hydrogen-bond donors (Lipinski definition) is 0. The lowest BCUT2D eigenvalue weighted by Crippen LogP contribution is -1.93. The molecule has 3 aromatic rings. The summed E-state index contributed by atoms with van der Waals surface area (Å²) in [5.41, 5.74) is 7.34. The van der Waals surface area contributed by atoms with Crippen molar-refractivity contribution in [2.75, 3.05) is 7.11 Å². The Bertz CT molecular complexity index is 837. The summed E-state index contributed by atoms with van der Waals surface area (Å²) in [6, 6.07) is 23.0. The normalized spacial score (nSPS) is 11.0. The van der Waals surface area contributed by atoms with E-state index in [2.05, 4.69) is 74.5 Å². The van der Waals surface area contributed by atoms with Crippen molar-refractivity contribution in [1.29, 1.82) is 0 Å². The van der Waals surface area contributed by atoms with E-state index in [0.29, 0.717) is 0 Å². The van der Waals surface area contributed by atoms with Gasteiger partial charge < -0.3 is 4.74 Å². The molecule has 24 heavy (non-hydrogen) atoms. The molecule has 0 heterocycles. The molecular formula is C23H22O. The third kappa shape index (κ3) is 3.41. The average molecular weight is 314 g/mol. The molecule has 0 unspecified atom stereocenters. The van der Waals surface area contributed by atoms with Crippen LogP contribution in [0.5, 0.6) is 5.75 Å². The molecule has 0 fully saturated rings. The van der Waals surface area contributed by atoms with E-state index in [1.54, 1.807) is 7.11 Å². The van der Waals surface area contributed by atoms with Gasteiger partial charge in [0.15, 0.2) is 0 Å². The third-order valence-electron chi connectivity index (χ3n) is 4.20. The Hall–Kier alpha value is -2.80. The monoisotopic (exact) mass is 314 g/mol. The summed E-state index contributed by atoms with van der Waals surface area (Å²) >= 11 is 0. The number of methoxy groups -OCH3 is 1. The van der Waals surface area contributed by atoms with Gasteiger partial charge in [-0.3, -0.25) is 0 Å². The summed E-state index contributed by atoms with van der Waals surface area (Å²) in [4.78, 5) is 0. The van der Waals surface area contributed by atoms with Crippen LogP contribution in [0.1, 0.15) is 22.3 Å². The smallest absolute Gasteiger partial charge is 0.126 e. The highest BCUT2D eigenvalue weighted by molar-refractivity contribution is 5.79. The molecule has 3 aromatic carbocycles. The summed E-state index contributed by atoms with van der Waals surface area (Å²) in [6.07, 6.45) is 4.32. The zero-order valence-electron chi connectivity index (χ0n) is 14.4. The Labute approximate surface area is 144 Å². The standard InChI is InChI=1S/C23H22O/c1-17-15-20(14-13-19-9-5-4-6-10-19)16-18(2)23(17)21-11-7-8-12-22(21)24-3/h4-16H,1-3H3/b14-13+. The van der Waals surface area contributed by atoms with Gasteiger partial charge in [0.05, 0.1) is 7.11 Å². The quantitative estimate of drug-likeness (QED) is 0.525. The van der Waals surface area contributed by atoms with E-state index in [9.17, 15) is 0 Å². The molecule has 0 spiro atoms. The molecule has 0 saturated carbocycles. The number of para-hydroxylation sites is 1. The molecule has 1 nitrogen and oxygen atoms in total. The molecule has 0 radical (unpaired) electrons. The van der Waals surface area contributed by atoms with E-state index in [1.807, 2.05) is 18.2 Å². The van der Waals surface area contributed by atoms with Gasteiger partial charge in [0.1, 0.15) is 5.75 Å². The molecule has 120 valence electrons. The van der Waals surface area contributed by atoms with Crippen LogP contribution >= 0.6 is 0 Å². The van der Waals surface area contributed by atoms with E-state index in [-0.39, 0.29) is 0 Å². The van der Waals surface area contributed by atoms with Crippen LogP contribution in [0.2, 0.25) is 0 Å². The maximum atomic E-state index is 5.53. The molecule has 0 aliphatic rings. The molecular weight excluding hydrogens is 292 g/mol. The van der Waals surface area contributed by atoms with Crippen molar-refractivity contribution in [2.45, 2.75) is 13.8 Å². The lowest BCUT2D eigenvalue weighted by atomic mass is 9.92. The average Bonchev–Trinajstić information content (AvgIpc) is 2.61. The maximum Gasteiger partial charge on any atom is 0.126 e. The van der Waals surface area contributed by atoms with Gasteiger partial charge in [-0.05, 0) is 47.7 Å². The Morgan fingerprint density at radius 2 is 1.29 bits per heavy atom. The Morgan fingerprint density at radius 1 is 0.708 bits per heavy atom. The fourth-order valence-electron chi connectivity index (χ4n) is 3.13. The van der Waals surface area contributed by atoms with Gasteiger partial charge in [0.25, 0.3) is 0 Å². The van der Waals surface area contributed by atoms with E-state index in [0.717, 1.165) is 11.3 Å². The fraction of sp³-hybridized carbons (Fsp3) is 0.130. The summed E-state index contributed by atoms with van der Waals surface area (Å²) in [6.45, 7) is 4.32. The Kier molecular flexibility index (Phi) is 4.81. The second-order valence-corrected chi connectivity index (χ2v) is 5.97. The SMILES string of the molecule is COc1ccccc1-c1c(C)cc(/C=C/c2ccccc2)cc1C. The van der Waals surface area contributed by atoms with Crippen LogP contribution in [0.3, 0.4) is 0 Å². The van der Waals surface area contributed by atoms with Crippen LogP contribution < -0.4 is 4.74 Å². The zero-order valence-corrected chi connectivity index (χ0v) is 14.4. The van der Waals surface area contributed by atoms with Gasteiger partial charge in [0.2, 0.25) is 0 Å². The first-order chi connectivity index (χ1) is 11.7. The van der Waals surface area contributed by atoms with Crippen molar-refractivity contribution in [1.82, 2.24) is 0 Å². The van der Waals surface area contributed by atoms with Crippen LogP contribution in [0.15, 0.2) is 66.7 Å². The Balaban J connectivity index is 1.99. The van der Waals surface area contributed by atoms with Crippen LogP contribution in [0, 0.1) is 13.8 Å². The number of ether oxygens (including phenoxy) is 1. The summed E-state index contributed by atoms with van der Waals surface area (Å²) < 4.78 is 5.53. The first kappa shape index (κ1) is 16.1. The molecule has 3 rings (SSSR count). The second-order valence-electron chi connectivity index (χ2n) is 5.97. The number of hydrogen-bond acceptors (Lipinski definition) is 1. The third-order valence-corrected chi connectivity index (χ3v) is 4.20. The molecule has 0 aliphatic carbocycles. The molecule has 0 saturated heterocycles. The maximum absolute atomic E-state index is 5.53. The van der Waals surface area contributed by atoms with Crippen molar-refractivity contribution in [2.24, 2.45) is 0 Å². The lowest BCUT2D eigenvalue weighted by Gasteiger charge is -2.15. The van der Waals surface area contributed by atoms with Crippen LogP contribution in [-0.4, -0.2) is 7.11 Å². The van der Waals surface area contributed by atoms with Gasteiger partial charge in [-0.2, -0.15) is 0 Å². The molecule has 0 N–H and O–H groups in total. The van der Waals surface area contributed by atoms with Gasteiger partial charge in [-0.1, -0.05) is 72.8 Å². The van der Waals surface area contributed by atoms with Gasteiger partial charge in [-0.25, -0.2) is 0 Å². The van der Waals surface area contributed by atoms with Crippen LogP contribution in [0.4, 0.5) is 0 Å². The summed E-state index contributed by atoms with van der Waals surface area (Å²) in [5.74, 6) is 0.913. The number of aryl methyl sites for hydroxylation is 2. The first-order valence-electron chi connectivity index (χ1n) is 8.17. The lowest BCUT2D eigenvalue weighted by molar-refractivity contribution is 0.416. The number of rotatable bonds is 4. The van der Waals surface area contributed by atoms with E-state index >= 15 is 0 Å². The van der Waals surface area contributed by atoms with Crippen molar-refractivity contribution < 1.29 is 4.74 Å². The molecule has 0 aliphatic heterocycles. The van der Waals surface area contributed by atoms with Crippen LogP contribution in [-0.2, 0) is 0 Å². The second kappa shape index (κ2) is 7.18. The molecule has 0 atom stereocenters. The topological polar surface area (TPSA) is 9.23 Å². The molecule has 0 bridgehead atoms. The van der Waals surface area contributed by atoms with Crippen molar-refractivity contribution in [3.63, 3.8) is 0 Å². The minimum Gasteiger partial charge on any atom is -0.496 e. The highest BCUT2D eigenvalue weighted by atomic mass is 16.5. The highest BCUT2D eigenvalue weighted by Crippen LogP contribution is 2.35. The van der Waals surface area contributed by atoms with Crippen molar-refractivity contribution in [3.05, 3.63) is 89.0 Å². The predicted octanol–water partition coefficient (Wildman–Crippen LogP) is 6.15. The van der Waals surface area contributed by atoms with Gasteiger partial charge in [0, 0.05) is 5.56 Å². The summed E-state index contributed by atoms with van der Waals surface area (Å²) in [7, 11) is 1.72. The number of benzene rings is 3. The van der Waals surface area contributed by atoms with Crippen LogP contribution in [0.25, 0.3) is 23.3 Å². The largest absolute Gasteiger partial charge is 0.496 e. The minimum absolute atomic E-state index is 0.913. The first-order valence-corrected chi connectivity index (χ1v) is 8.17. The van der Waals surface area contributed by atoms with Crippen molar-refractivity contribution in [3.8, 4) is 16.9 Å². The molecule has 0 aromatic heterocycles. The van der Waals surface area contributed by atoms with E-state index in [1.165, 1.54) is 27.8 Å². The Morgan fingerprint density at radius 3 is 1.96 bits per heavy atom. The highest BCUT2D eigenvalue weighted by Gasteiger charge is 2.11. The van der Waals surface area contributed by atoms with E-state index in [4.69, 9.17) is 4.74 Å². The van der Waals surface area contributed by atoms with E-state index < -0.39 is 0 Å². The minimum atomic E-state index is 0.913.